The van der Waals surface area contributed by atoms with Gasteiger partial charge in [0.1, 0.15) is 0 Å². The summed E-state index contributed by atoms with van der Waals surface area (Å²) >= 11 is 1.95. The van der Waals surface area contributed by atoms with Crippen LogP contribution in [0.5, 0.6) is 0 Å². The molecule has 1 aliphatic carbocycles. The lowest BCUT2D eigenvalue weighted by molar-refractivity contribution is -0.136. The number of hydrogen-bond donors (Lipinski definition) is 1. The van der Waals surface area contributed by atoms with Crippen molar-refractivity contribution in [3.63, 3.8) is 0 Å². The predicted molar refractivity (Wildman–Crippen MR) is 75.9 cm³/mol. The van der Waals surface area contributed by atoms with Crippen molar-refractivity contribution in [2.75, 3.05) is 5.75 Å². The molecule has 0 bridgehead atoms. The molecule has 0 atom stereocenters. The summed E-state index contributed by atoms with van der Waals surface area (Å²) < 4.78 is 0. The van der Waals surface area contributed by atoms with Gasteiger partial charge in [-0.3, -0.25) is 4.79 Å². The highest BCUT2D eigenvalue weighted by atomic mass is 32.2. The van der Waals surface area contributed by atoms with Gasteiger partial charge in [0, 0.05) is 5.75 Å². The Bertz CT molecular complexity index is 397. The van der Waals surface area contributed by atoms with E-state index in [0.29, 0.717) is 0 Å². The minimum absolute atomic E-state index is 0.139. The summed E-state index contributed by atoms with van der Waals surface area (Å²) in [5.74, 6) is 2.31. The van der Waals surface area contributed by atoms with Crippen LogP contribution in [0, 0.1) is 5.92 Å². The standard InChI is InChI=1S/C15H20O2S/c16-15(17)9-13-7-3-4-8-14(13)11-18-10-12-5-1-2-6-12/h3-4,7-8,12H,1-2,5-6,9-11H2,(H,16,17). The van der Waals surface area contributed by atoms with E-state index in [1.54, 1.807) is 0 Å². The summed E-state index contributed by atoms with van der Waals surface area (Å²) in [7, 11) is 0. The Morgan fingerprint density at radius 3 is 2.56 bits per heavy atom. The van der Waals surface area contributed by atoms with Gasteiger partial charge in [-0.1, -0.05) is 37.1 Å². The molecule has 0 heterocycles. The Hall–Kier alpha value is -0.960. The first-order chi connectivity index (χ1) is 8.75. The van der Waals surface area contributed by atoms with E-state index in [4.69, 9.17) is 5.11 Å². The molecule has 0 aromatic heterocycles. The smallest absolute Gasteiger partial charge is 0.307 e. The number of hydrogen-bond acceptors (Lipinski definition) is 2. The largest absolute Gasteiger partial charge is 0.481 e. The quantitative estimate of drug-likeness (QED) is 0.850. The molecule has 1 N–H and O–H groups in total. The molecule has 1 aromatic rings. The highest BCUT2D eigenvalue weighted by Crippen LogP contribution is 2.29. The lowest BCUT2D eigenvalue weighted by atomic mass is 10.1. The minimum Gasteiger partial charge on any atom is -0.481 e. The van der Waals surface area contributed by atoms with E-state index in [2.05, 4.69) is 6.07 Å². The molecule has 0 aliphatic heterocycles. The zero-order valence-corrected chi connectivity index (χ0v) is 11.4. The van der Waals surface area contributed by atoms with Crippen molar-refractivity contribution in [3.05, 3.63) is 35.4 Å². The summed E-state index contributed by atoms with van der Waals surface area (Å²) in [6, 6.07) is 7.90. The Morgan fingerprint density at radius 1 is 1.22 bits per heavy atom. The molecular weight excluding hydrogens is 244 g/mol. The molecule has 1 aromatic carbocycles. The maximum atomic E-state index is 10.8. The van der Waals surface area contributed by atoms with E-state index in [1.807, 2.05) is 30.0 Å². The van der Waals surface area contributed by atoms with Crippen LogP contribution in [0.15, 0.2) is 24.3 Å². The third-order valence-electron chi connectivity index (χ3n) is 3.55. The van der Waals surface area contributed by atoms with E-state index in [9.17, 15) is 4.79 Å². The van der Waals surface area contributed by atoms with Crippen molar-refractivity contribution < 1.29 is 9.90 Å². The topological polar surface area (TPSA) is 37.3 Å². The van der Waals surface area contributed by atoms with Crippen molar-refractivity contribution in [1.82, 2.24) is 0 Å². The summed E-state index contributed by atoms with van der Waals surface area (Å²) in [5.41, 5.74) is 2.15. The van der Waals surface area contributed by atoms with Gasteiger partial charge >= 0.3 is 5.97 Å². The summed E-state index contributed by atoms with van der Waals surface area (Å²) in [6.45, 7) is 0. The fourth-order valence-electron chi connectivity index (χ4n) is 2.55. The Labute approximate surface area is 113 Å². The third kappa shape index (κ3) is 4.05. The average molecular weight is 264 g/mol. The second-order valence-electron chi connectivity index (χ2n) is 5.00. The predicted octanol–water partition coefficient (Wildman–Crippen LogP) is 3.74. The van der Waals surface area contributed by atoms with E-state index < -0.39 is 5.97 Å². The van der Waals surface area contributed by atoms with Crippen LogP contribution in [-0.2, 0) is 17.0 Å². The second-order valence-corrected chi connectivity index (χ2v) is 6.04. The zero-order chi connectivity index (χ0) is 12.8. The average Bonchev–Trinajstić information content (AvgIpc) is 2.84. The lowest BCUT2D eigenvalue weighted by Gasteiger charge is -2.10. The van der Waals surface area contributed by atoms with Crippen LogP contribution >= 0.6 is 11.8 Å². The highest BCUT2D eigenvalue weighted by Gasteiger charge is 2.15. The molecule has 0 radical (unpaired) electrons. The summed E-state index contributed by atoms with van der Waals surface area (Å²) in [5, 5.41) is 8.88. The molecule has 18 heavy (non-hydrogen) atoms. The van der Waals surface area contributed by atoms with Gasteiger partial charge in [0.2, 0.25) is 0 Å². The molecular formula is C15H20O2S. The van der Waals surface area contributed by atoms with Gasteiger partial charge in [0.15, 0.2) is 0 Å². The third-order valence-corrected chi connectivity index (χ3v) is 4.77. The van der Waals surface area contributed by atoms with Crippen LogP contribution in [0.25, 0.3) is 0 Å². The molecule has 1 aliphatic rings. The minimum atomic E-state index is -0.747. The maximum absolute atomic E-state index is 10.8. The van der Waals surface area contributed by atoms with Crippen LogP contribution in [0.4, 0.5) is 0 Å². The van der Waals surface area contributed by atoms with Gasteiger partial charge < -0.3 is 5.11 Å². The fraction of sp³-hybridized carbons (Fsp3) is 0.533. The number of benzene rings is 1. The van der Waals surface area contributed by atoms with Crippen LogP contribution < -0.4 is 0 Å². The van der Waals surface area contributed by atoms with E-state index in [0.717, 1.165) is 17.2 Å². The number of rotatable bonds is 6. The van der Waals surface area contributed by atoms with Crippen molar-refractivity contribution in [2.45, 2.75) is 37.9 Å². The van der Waals surface area contributed by atoms with Crippen LogP contribution in [-0.4, -0.2) is 16.8 Å². The fourth-order valence-corrected chi connectivity index (χ4v) is 3.83. The zero-order valence-electron chi connectivity index (χ0n) is 10.6. The van der Waals surface area contributed by atoms with Crippen molar-refractivity contribution in [2.24, 2.45) is 5.92 Å². The molecule has 98 valence electrons. The van der Waals surface area contributed by atoms with Gasteiger partial charge in [-0.05, 0) is 35.6 Å². The molecule has 2 rings (SSSR count). The van der Waals surface area contributed by atoms with Crippen LogP contribution in [0.1, 0.15) is 36.8 Å². The first kappa shape index (κ1) is 13.5. The molecule has 0 unspecified atom stereocenters. The Kier molecular flexibility index (Phi) is 5.12. The number of carboxylic acid groups (broad SMARTS) is 1. The van der Waals surface area contributed by atoms with Crippen LogP contribution in [0.3, 0.4) is 0 Å². The van der Waals surface area contributed by atoms with Crippen molar-refractivity contribution in [3.8, 4) is 0 Å². The highest BCUT2D eigenvalue weighted by molar-refractivity contribution is 7.98. The summed E-state index contributed by atoms with van der Waals surface area (Å²) in [6.07, 6.45) is 5.68. The molecule has 0 amide bonds. The maximum Gasteiger partial charge on any atom is 0.307 e. The van der Waals surface area contributed by atoms with Crippen LogP contribution in [0.2, 0.25) is 0 Å². The molecule has 1 saturated carbocycles. The van der Waals surface area contributed by atoms with Crippen molar-refractivity contribution >= 4 is 17.7 Å². The first-order valence-corrected chi connectivity index (χ1v) is 7.77. The van der Waals surface area contributed by atoms with Gasteiger partial charge in [-0.25, -0.2) is 0 Å². The number of carboxylic acids is 1. The molecule has 1 fully saturated rings. The van der Waals surface area contributed by atoms with Gasteiger partial charge in [-0.2, -0.15) is 11.8 Å². The molecule has 0 saturated heterocycles. The number of aliphatic carboxylic acids is 1. The van der Waals surface area contributed by atoms with Gasteiger partial charge in [0.25, 0.3) is 0 Å². The second kappa shape index (κ2) is 6.83. The first-order valence-electron chi connectivity index (χ1n) is 6.62. The van der Waals surface area contributed by atoms with Gasteiger partial charge in [-0.15, -0.1) is 0 Å². The normalized spacial score (nSPS) is 16.0. The van der Waals surface area contributed by atoms with E-state index in [-0.39, 0.29) is 6.42 Å². The lowest BCUT2D eigenvalue weighted by Crippen LogP contribution is -2.03. The SMILES string of the molecule is O=C(O)Cc1ccccc1CSCC1CCCC1. The van der Waals surface area contributed by atoms with E-state index >= 15 is 0 Å². The Balaban J connectivity index is 1.85. The number of thioether (sulfide) groups is 1. The molecule has 0 spiro atoms. The monoisotopic (exact) mass is 264 g/mol. The van der Waals surface area contributed by atoms with Gasteiger partial charge in [0.05, 0.1) is 6.42 Å². The van der Waals surface area contributed by atoms with E-state index in [1.165, 1.54) is 37.0 Å². The summed E-state index contributed by atoms with van der Waals surface area (Å²) in [4.78, 5) is 10.8. The van der Waals surface area contributed by atoms with Crippen molar-refractivity contribution in [1.29, 1.82) is 0 Å². The molecule has 3 heteroatoms. The number of carbonyl (C=O) groups is 1. The Morgan fingerprint density at radius 2 is 1.89 bits per heavy atom. The molecule has 2 nitrogen and oxygen atoms in total.